The van der Waals surface area contributed by atoms with Gasteiger partial charge in [-0.1, -0.05) is 12.1 Å². The molecule has 0 aliphatic carbocycles. The second-order valence-electron chi connectivity index (χ2n) is 3.93. The molecule has 5 nitrogen and oxygen atoms in total. The molecule has 90 valence electrons. The lowest BCUT2D eigenvalue weighted by molar-refractivity contribution is 0.793. The van der Waals surface area contributed by atoms with Crippen molar-refractivity contribution in [1.82, 2.24) is 20.2 Å². The first kappa shape index (κ1) is 10.9. The van der Waals surface area contributed by atoms with Crippen LogP contribution in [0.4, 0.5) is 5.69 Å². The molecule has 0 saturated carbocycles. The van der Waals surface area contributed by atoms with E-state index >= 15 is 0 Å². The summed E-state index contributed by atoms with van der Waals surface area (Å²) in [5, 5.41) is 15.8. The first-order chi connectivity index (χ1) is 8.77. The molecule has 0 atom stereocenters. The van der Waals surface area contributed by atoms with E-state index in [4.69, 9.17) is 5.73 Å². The monoisotopic (exact) mass is 257 g/mol. The Hall–Kier alpha value is -2.21. The molecule has 0 bridgehead atoms. The van der Waals surface area contributed by atoms with Crippen LogP contribution in [0.3, 0.4) is 0 Å². The number of aromatic nitrogens is 4. The largest absolute Gasteiger partial charge is 0.398 e. The first-order valence-electron chi connectivity index (χ1n) is 5.44. The van der Waals surface area contributed by atoms with Gasteiger partial charge in [-0.3, -0.25) is 0 Å². The van der Waals surface area contributed by atoms with Crippen LogP contribution < -0.4 is 5.73 Å². The minimum absolute atomic E-state index is 0.670. The molecular weight excluding hydrogens is 246 g/mol. The molecule has 3 aromatic rings. The van der Waals surface area contributed by atoms with Crippen LogP contribution in [0.15, 0.2) is 35.0 Å². The Bertz CT molecular complexity index is 651. The van der Waals surface area contributed by atoms with Gasteiger partial charge in [0.25, 0.3) is 0 Å². The van der Waals surface area contributed by atoms with Gasteiger partial charge in [0, 0.05) is 16.6 Å². The normalized spacial score (nSPS) is 10.7. The number of rotatable bonds is 2. The van der Waals surface area contributed by atoms with Gasteiger partial charge < -0.3 is 5.73 Å². The Balaban J connectivity index is 2.22. The van der Waals surface area contributed by atoms with Crippen molar-refractivity contribution in [1.29, 1.82) is 0 Å². The number of tetrazole rings is 1. The zero-order chi connectivity index (χ0) is 12.5. The molecule has 0 unspecified atom stereocenters. The highest BCUT2D eigenvalue weighted by Crippen LogP contribution is 2.28. The second-order valence-corrected chi connectivity index (χ2v) is 4.72. The predicted molar refractivity (Wildman–Crippen MR) is 71.6 cm³/mol. The van der Waals surface area contributed by atoms with Crippen molar-refractivity contribution < 1.29 is 0 Å². The van der Waals surface area contributed by atoms with Crippen LogP contribution in [-0.4, -0.2) is 20.2 Å². The summed E-state index contributed by atoms with van der Waals surface area (Å²) in [5.41, 5.74) is 9.60. The minimum atomic E-state index is 0.670. The average Bonchev–Trinajstić information content (AvgIpc) is 2.98. The molecule has 2 N–H and O–H groups in total. The van der Waals surface area contributed by atoms with Gasteiger partial charge in [0.05, 0.1) is 5.69 Å². The van der Waals surface area contributed by atoms with Crippen LogP contribution in [-0.2, 0) is 0 Å². The Morgan fingerprint density at radius 2 is 2.17 bits per heavy atom. The summed E-state index contributed by atoms with van der Waals surface area (Å²) in [6.07, 6.45) is 0. The van der Waals surface area contributed by atoms with Gasteiger partial charge >= 0.3 is 0 Å². The van der Waals surface area contributed by atoms with Gasteiger partial charge in [-0.15, -0.1) is 5.10 Å². The van der Waals surface area contributed by atoms with Crippen LogP contribution in [0.5, 0.6) is 0 Å². The SMILES string of the molecule is Cc1cccc(N)c1-c1nnnn1-c1ccsc1. The molecule has 0 aliphatic rings. The fraction of sp³-hybridized carbons (Fsp3) is 0.0833. The van der Waals surface area contributed by atoms with Crippen molar-refractivity contribution in [3.05, 3.63) is 40.6 Å². The maximum absolute atomic E-state index is 6.03. The number of hydrogen-bond acceptors (Lipinski definition) is 5. The number of aryl methyl sites for hydroxylation is 1. The summed E-state index contributed by atoms with van der Waals surface area (Å²) >= 11 is 1.60. The molecule has 0 aliphatic heterocycles. The lowest BCUT2D eigenvalue weighted by atomic mass is 10.1. The summed E-state index contributed by atoms with van der Waals surface area (Å²) in [6, 6.07) is 7.75. The van der Waals surface area contributed by atoms with Crippen molar-refractivity contribution >= 4 is 17.0 Å². The second kappa shape index (κ2) is 4.23. The van der Waals surface area contributed by atoms with Gasteiger partial charge in [-0.05, 0) is 40.4 Å². The van der Waals surface area contributed by atoms with Crippen molar-refractivity contribution in [2.24, 2.45) is 0 Å². The lowest BCUT2D eigenvalue weighted by Gasteiger charge is -2.08. The van der Waals surface area contributed by atoms with Crippen LogP contribution in [0.25, 0.3) is 17.1 Å². The zero-order valence-electron chi connectivity index (χ0n) is 9.74. The number of benzene rings is 1. The van der Waals surface area contributed by atoms with E-state index in [0.717, 1.165) is 16.8 Å². The van der Waals surface area contributed by atoms with E-state index in [0.29, 0.717) is 11.5 Å². The molecule has 0 spiro atoms. The number of nitrogen functional groups attached to an aromatic ring is 1. The Kier molecular flexibility index (Phi) is 2.56. The fourth-order valence-corrected chi connectivity index (χ4v) is 2.51. The van der Waals surface area contributed by atoms with E-state index in [1.54, 1.807) is 16.0 Å². The summed E-state index contributed by atoms with van der Waals surface area (Å²) in [6.45, 7) is 2.00. The molecule has 1 aromatic carbocycles. The molecule has 2 aromatic heterocycles. The molecule has 3 rings (SSSR count). The number of nitrogens with two attached hydrogens (primary N) is 1. The predicted octanol–water partition coefficient (Wildman–Crippen LogP) is 2.28. The summed E-state index contributed by atoms with van der Waals surface area (Å²) < 4.78 is 1.70. The van der Waals surface area contributed by atoms with E-state index in [2.05, 4.69) is 15.5 Å². The molecule has 2 heterocycles. The summed E-state index contributed by atoms with van der Waals surface area (Å²) in [5.74, 6) is 0.670. The summed E-state index contributed by atoms with van der Waals surface area (Å²) in [7, 11) is 0. The van der Waals surface area contributed by atoms with Crippen LogP contribution >= 0.6 is 11.3 Å². The first-order valence-corrected chi connectivity index (χ1v) is 6.38. The Morgan fingerprint density at radius 3 is 2.89 bits per heavy atom. The molecule has 18 heavy (non-hydrogen) atoms. The maximum Gasteiger partial charge on any atom is 0.189 e. The van der Waals surface area contributed by atoms with E-state index in [9.17, 15) is 0 Å². The number of nitrogens with zero attached hydrogens (tertiary/aromatic N) is 4. The van der Waals surface area contributed by atoms with Crippen molar-refractivity contribution in [2.45, 2.75) is 6.92 Å². The van der Waals surface area contributed by atoms with E-state index < -0.39 is 0 Å². The smallest absolute Gasteiger partial charge is 0.189 e. The highest BCUT2D eigenvalue weighted by molar-refractivity contribution is 7.08. The minimum Gasteiger partial charge on any atom is -0.398 e. The Labute approximate surface area is 108 Å². The van der Waals surface area contributed by atoms with Crippen molar-refractivity contribution in [3.8, 4) is 17.1 Å². The van der Waals surface area contributed by atoms with Gasteiger partial charge in [-0.25, -0.2) is 0 Å². The standard InChI is InChI=1S/C12H11N5S/c1-8-3-2-4-10(13)11(8)12-14-15-16-17(12)9-5-6-18-7-9/h2-7H,13H2,1H3. The third-order valence-electron chi connectivity index (χ3n) is 2.75. The van der Waals surface area contributed by atoms with Crippen molar-refractivity contribution in [2.75, 3.05) is 5.73 Å². The highest BCUT2D eigenvalue weighted by atomic mass is 32.1. The molecule has 0 radical (unpaired) electrons. The van der Waals surface area contributed by atoms with Gasteiger partial charge in [-0.2, -0.15) is 16.0 Å². The topological polar surface area (TPSA) is 69.6 Å². The lowest BCUT2D eigenvalue weighted by Crippen LogP contribution is -2.01. The van der Waals surface area contributed by atoms with Crippen LogP contribution in [0.2, 0.25) is 0 Å². The summed E-state index contributed by atoms with van der Waals surface area (Å²) in [4.78, 5) is 0. The molecule has 0 fully saturated rings. The Morgan fingerprint density at radius 1 is 1.28 bits per heavy atom. The van der Waals surface area contributed by atoms with E-state index in [1.807, 2.05) is 41.9 Å². The number of anilines is 1. The van der Waals surface area contributed by atoms with Gasteiger partial charge in [0.1, 0.15) is 0 Å². The highest BCUT2D eigenvalue weighted by Gasteiger charge is 2.15. The maximum atomic E-state index is 6.03. The van der Waals surface area contributed by atoms with Crippen LogP contribution in [0.1, 0.15) is 5.56 Å². The third-order valence-corrected chi connectivity index (χ3v) is 3.42. The van der Waals surface area contributed by atoms with Gasteiger partial charge in [0.2, 0.25) is 0 Å². The van der Waals surface area contributed by atoms with Gasteiger partial charge in [0.15, 0.2) is 5.82 Å². The molecular formula is C12H11N5S. The molecule has 0 amide bonds. The zero-order valence-corrected chi connectivity index (χ0v) is 10.6. The third kappa shape index (κ3) is 1.67. The quantitative estimate of drug-likeness (QED) is 0.715. The fourth-order valence-electron chi connectivity index (χ4n) is 1.89. The average molecular weight is 257 g/mol. The number of thiophene rings is 1. The van der Waals surface area contributed by atoms with E-state index in [-0.39, 0.29) is 0 Å². The van der Waals surface area contributed by atoms with E-state index in [1.165, 1.54) is 0 Å². The van der Waals surface area contributed by atoms with Crippen LogP contribution in [0, 0.1) is 6.92 Å². The molecule has 0 saturated heterocycles. The molecule has 6 heteroatoms. The van der Waals surface area contributed by atoms with Crippen molar-refractivity contribution in [3.63, 3.8) is 0 Å². The number of hydrogen-bond donors (Lipinski definition) is 1.